The van der Waals surface area contributed by atoms with Crippen molar-refractivity contribution in [3.05, 3.63) is 29.8 Å². The zero-order chi connectivity index (χ0) is 21.8. The molecule has 1 fully saturated rings. The van der Waals surface area contributed by atoms with Gasteiger partial charge in [0.05, 0.1) is 22.3 Å². The van der Waals surface area contributed by atoms with E-state index >= 15 is 0 Å². The molecule has 1 heterocycles. The van der Waals surface area contributed by atoms with E-state index in [1.165, 1.54) is 12.1 Å². The second-order valence-corrected chi connectivity index (χ2v) is 12.6. The number of nitrogens with zero attached hydrogens (tertiary/aromatic N) is 1. The van der Waals surface area contributed by atoms with Crippen LogP contribution in [-0.4, -0.2) is 57.8 Å². The molecule has 29 heavy (non-hydrogen) atoms. The van der Waals surface area contributed by atoms with Crippen LogP contribution in [0.2, 0.25) is 0 Å². The lowest BCUT2D eigenvalue weighted by Gasteiger charge is -2.32. The summed E-state index contributed by atoms with van der Waals surface area (Å²) in [5.74, 6) is 0.193. The number of sulfonamides is 1. The van der Waals surface area contributed by atoms with Crippen molar-refractivity contribution in [3.63, 3.8) is 0 Å². The van der Waals surface area contributed by atoms with Crippen LogP contribution >= 0.6 is 0 Å². The molecule has 0 bridgehead atoms. The standard InChI is InChI=1S/C20H32N2O5S2/c1-15(2)21-29(26,27)19-7-5-6-18(12-19)13-20(23)22-10-8-17(9-11-22)14-28(24,25)16(3)4/h5-7,12,15-17,21H,8-11,13-14H2,1-4H3. The van der Waals surface area contributed by atoms with Gasteiger partial charge in [0.15, 0.2) is 9.84 Å². The van der Waals surface area contributed by atoms with Crippen molar-refractivity contribution >= 4 is 25.8 Å². The molecule has 0 unspecified atom stereocenters. The maximum Gasteiger partial charge on any atom is 0.240 e. The van der Waals surface area contributed by atoms with Crippen molar-refractivity contribution in [2.75, 3.05) is 18.8 Å². The van der Waals surface area contributed by atoms with Crippen LogP contribution < -0.4 is 4.72 Å². The van der Waals surface area contributed by atoms with Gasteiger partial charge >= 0.3 is 0 Å². The number of carbonyl (C=O) groups is 1. The first-order valence-electron chi connectivity index (χ1n) is 10.0. The summed E-state index contributed by atoms with van der Waals surface area (Å²) < 4.78 is 51.4. The second kappa shape index (κ2) is 9.57. The number of carbonyl (C=O) groups excluding carboxylic acids is 1. The van der Waals surface area contributed by atoms with Crippen molar-refractivity contribution < 1.29 is 21.6 Å². The fraction of sp³-hybridized carbons (Fsp3) is 0.650. The molecule has 1 aromatic carbocycles. The van der Waals surface area contributed by atoms with E-state index < -0.39 is 19.9 Å². The van der Waals surface area contributed by atoms with Crippen LogP contribution in [0.15, 0.2) is 29.2 Å². The number of likely N-dealkylation sites (tertiary alicyclic amines) is 1. The first-order chi connectivity index (χ1) is 13.4. The third-order valence-corrected chi connectivity index (χ3v) is 9.14. The first kappa shape index (κ1) is 23.8. The van der Waals surface area contributed by atoms with Crippen LogP contribution in [-0.2, 0) is 31.1 Å². The molecule has 0 saturated carbocycles. The molecule has 1 saturated heterocycles. The lowest BCUT2D eigenvalue weighted by atomic mass is 9.98. The fourth-order valence-electron chi connectivity index (χ4n) is 3.36. The highest BCUT2D eigenvalue weighted by Gasteiger charge is 2.28. The van der Waals surface area contributed by atoms with Crippen molar-refractivity contribution in [1.29, 1.82) is 0 Å². The van der Waals surface area contributed by atoms with E-state index in [1.54, 1.807) is 44.7 Å². The molecule has 9 heteroatoms. The minimum absolute atomic E-state index is 0.0680. The van der Waals surface area contributed by atoms with Crippen molar-refractivity contribution in [2.45, 2.75) is 63.1 Å². The molecule has 0 spiro atoms. The average molecular weight is 445 g/mol. The van der Waals surface area contributed by atoms with Crippen molar-refractivity contribution in [3.8, 4) is 0 Å². The van der Waals surface area contributed by atoms with Gasteiger partial charge in [0.25, 0.3) is 0 Å². The largest absolute Gasteiger partial charge is 0.342 e. The highest BCUT2D eigenvalue weighted by atomic mass is 32.2. The molecule has 0 atom stereocenters. The molecule has 1 aliphatic rings. The zero-order valence-corrected chi connectivity index (χ0v) is 19.2. The number of nitrogens with one attached hydrogen (secondary N) is 1. The molecule has 2 rings (SSSR count). The summed E-state index contributed by atoms with van der Waals surface area (Å²) in [6.45, 7) is 7.95. The Hall–Kier alpha value is -1.45. The summed E-state index contributed by atoms with van der Waals surface area (Å²) in [6, 6.07) is 6.21. The summed E-state index contributed by atoms with van der Waals surface area (Å²) in [7, 11) is -6.68. The number of piperidine rings is 1. The number of hydrogen-bond donors (Lipinski definition) is 1. The summed E-state index contributed by atoms with van der Waals surface area (Å²) >= 11 is 0. The van der Waals surface area contributed by atoms with Gasteiger partial charge in [0, 0.05) is 19.1 Å². The van der Waals surface area contributed by atoms with E-state index in [1.807, 2.05) is 0 Å². The number of benzene rings is 1. The Morgan fingerprint density at radius 3 is 2.28 bits per heavy atom. The van der Waals surface area contributed by atoms with Gasteiger partial charge in [-0.2, -0.15) is 0 Å². The number of hydrogen-bond acceptors (Lipinski definition) is 5. The molecular weight excluding hydrogens is 412 g/mol. The average Bonchev–Trinajstić information content (AvgIpc) is 2.61. The molecule has 0 aromatic heterocycles. The van der Waals surface area contributed by atoms with Gasteiger partial charge < -0.3 is 4.90 Å². The van der Waals surface area contributed by atoms with E-state index in [2.05, 4.69) is 4.72 Å². The van der Waals surface area contributed by atoms with Gasteiger partial charge in [-0.15, -0.1) is 0 Å². The van der Waals surface area contributed by atoms with Crippen molar-refractivity contribution in [1.82, 2.24) is 9.62 Å². The predicted molar refractivity (Wildman–Crippen MR) is 114 cm³/mol. The minimum atomic E-state index is -3.61. The Kier molecular flexibility index (Phi) is 7.86. The predicted octanol–water partition coefficient (Wildman–Crippen LogP) is 1.98. The highest BCUT2D eigenvalue weighted by Crippen LogP contribution is 2.22. The van der Waals surface area contributed by atoms with Crippen LogP contribution in [0, 0.1) is 5.92 Å². The number of amides is 1. The molecule has 164 valence electrons. The maximum atomic E-state index is 12.6. The van der Waals surface area contributed by atoms with Gasteiger partial charge in [-0.3, -0.25) is 4.79 Å². The smallest absolute Gasteiger partial charge is 0.240 e. The first-order valence-corrected chi connectivity index (χ1v) is 13.2. The van der Waals surface area contributed by atoms with Crippen LogP contribution in [0.25, 0.3) is 0 Å². The SMILES string of the molecule is CC(C)NS(=O)(=O)c1cccc(CC(=O)N2CCC(CS(=O)(=O)C(C)C)CC2)c1. The summed E-state index contributed by atoms with van der Waals surface area (Å²) in [6.07, 6.45) is 1.47. The quantitative estimate of drug-likeness (QED) is 0.661. The lowest BCUT2D eigenvalue weighted by Crippen LogP contribution is -2.41. The Labute approximate surface area is 174 Å². The number of sulfone groups is 1. The molecule has 1 N–H and O–H groups in total. The summed E-state index contributed by atoms with van der Waals surface area (Å²) in [5, 5.41) is -0.379. The van der Waals surface area contributed by atoms with Gasteiger partial charge in [-0.05, 0) is 64.2 Å². The van der Waals surface area contributed by atoms with Crippen LogP contribution in [0.1, 0.15) is 46.1 Å². The highest BCUT2D eigenvalue weighted by molar-refractivity contribution is 7.92. The van der Waals surface area contributed by atoms with E-state index in [-0.39, 0.29) is 40.2 Å². The van der Waals surface area contributed by atoms with E-state index in [0.717, 1.165) is 0 Å². The maximum absolute atomic E-state index is 12.6. The molecular formula is C20H32N2O5S2. The molecule has 1 amide bonds. The van der Waals surface area contributed by atoms with Gasteiger partial charge in [-0.1, -0.05) is 12.1 Å². The number of rotatable bonds is 8. The summed E-state index contributed by atoms with van der Waals surface area (Å²) in [5.41, 5.74) is 0.645. The third-order valence-electron chi connectivity index (χ3n) is 5.11. The third kappa shape index (κ3) is 6.79. The molecule has 1 aromatic rings. The monoisotopic (exact) mass is 444 g/mol. The second-order valence-electron chi connectivity index (χ2n) is 8.30. The van der Waals surface area contributed by atoms with Gasteiger partial charge in [-0.25, -0.2) is 21.6 Å². The molecule has 0 aliphatic carbocycles. The molecule has 1 aliphatic heterocycles. The van der Waals surface area contributed by atoms with E-state index in [4.69, 9.17) is 0 Å². The Bertz CT molecular complexity index is 916. The van der Waals surface area contributed by atoms with Gasteiger partial charge in [0.1, 0.15) is 0 Å². The van der Waals surface area contributed by atoms with Crippen LogP contribution in [0.5, 0.6) is 0 Å². The Balaban J connectivity index is 1.96. The lowest BCUT2D eigenvalue weighted by molar-refractivity contribution is -0.131. The fourth-order valence-corrected chi connectivity index (χ4v) is 6.05. The summed E-state index contributed by atoms with van der Waals surface area (Å²) in [4.78, 5) is 14.5. The zero-order valence-electron chi connectivity index (χ0n) is 17.6. The van der Waals surface area contributed by atoms with Gasteiger partial charge in [0.2, 0.25) is 15.9 Å². The van der Waals surface area contributed by atoms with E-state index in [9.17, 15) is 21.6 Å². The topological polar surface area (TPSA) is 101 Å². The molecule has 7 nitrogen and oxygen atoms in total. The Morgan fingerprint density at radius 1 is 1.10 bits per heavy atom. The van der Waals surface area contributed by atoms with E-state index in [0.29, 0.717) is 31.5 Å². The molecule has 0 radical (unpaired) electrons. The minimum Gasteiger partial charge on any atom is -0.342 e. The Morgan fingerprint density at radius 2 is 1.72 bits per heavy atom. The van der Waals surface area contributed by atoms with Crippen molar-refractivity contribution in [2.24, 2.45) is 5.92 Å². The normalized spacial score (nSPS) is 16.6. The van der Waals surface area contributed by atoms with Crippen LogP contribution in [0.3, 0.4) is 0 Å². The van der Waals surface area contributed by atoms with Crippen LogP contribution in [0.4, 0.5) is 0 Å².